The predicted molar refractivity (Wildman–Crippen MR) is 117 cm³/mol. The van der Waals surface area contributed by atoms with Crippen molar-refractivity contribution < 1.29 is 4.79 Å². The SMILES string of the molecule is C=C(c1ccccn1)C1CCN(C(=O)C2CCN(Cc3cnc(N)nc3)CC2)CC1. The van der Waals surface area contributed by atoms with Crippen LogP contribution in [0.25, 0.3) is 5.57 Å². The topological polar surface area (TPSA) is 88.2 Å². The number of likely N-dealkylation sites (tertiary alicyclic amines) is 2. The maximum Gasteiger partial charge on any atom is 0.225 e. The van der Waals surface area contributed by atoms with E-state index in [1.165, 1.54) is 0 Å². The summed E-state index contributed by atoms with van der Waals surface area (Å²) in [5.41, 5.74) is 8.68. The summed E-state index contributed by atoms with van der Waals surface area (Å²) in [5.74, 6) is 1.18. The monoisotopic (exact) mass is 406 g/mol. The summed E-state index contributed by atoms with van der Waals surface area (Å²) < 4.78 is 0. The van der Waals surface area contributed by atoms with Crippen LogP contribution in [-0.4, -0.2) is 56.8 Å². The van der Waals surface area contributed by atoms with E-state index in [1.54, 1.807) is 12.4 Å². The first-order valence-electron chi connectivity index (χ1n) is 10.8. The summed E-state index contributed by atoms with van der Waals surface area (Å²) in [4.78, 5) is 30.0. The van der Waals surface area contributed by atoms with Gasteiger partial charge in [-0.2, -0.15) is 0 Å². The molecule has 2 aromatic heterocycles. The van der Waals surface area contributed by atoms with Gasteiger partial charge in [0.25, 0.3) is 0 Å². The predicted octanol–water partition coefficient (Wildman–Crippen LogP) is 2.62. The largest absolute Gasteiger partial charge is 0.368 e. The first-order valence-corrected chi connectivity index (χ1v) is 10.8. The third kappa shape index (κ3) is 4.84. The molecule has 0 saturated carbocycles. The fraction of sp³-hybridized carbons (Fsp3) is 0.478. The van der Waals surface area contributed by atoms with E-state index < -0.39 is 0 Å². The van der Waals surface area contributed by atoms with Crippen molar-refractivity contribution in [2.75, 3.05) is 31.9 Å². The number of pyridine rings is 1. The molecule has 158 valence electrons. The van der Waals surface area contributed by atoms with E-state index in [9.17, 15) is 4.79 Å². The van der Waals surface area contributed by atoms with E-state index in [0.717, 1.165) is 75.2 Å². The number of carbonyl (C=O) groups excluding carboxylic acids is 1. The smallest absolute Gasteiger partial charge is 0.225 e. The molecule has 0 radical (unpaired) electrons. The van der Waals surface area contributed by atoms with Crippen LogP contribution in [-0.2, 0) is 11.3 Å². The molecule has 2 aliphatic rings. The van der Waals surface area contributed by atoms with Crippen LogP contribution in [0.4, 0.5) is 5.95 Å². The van der Waals surface area contributed by atoms with E-state index in [1.807, 2.05) is 24.4 Å². The van der Waals surface area contributed by atoms with Crippen molar-refractivity contribution in [1.82, 2.24) is 24.8 Å². The number of carbonyl (C=O) groups is 1. The molecule has 0 aromatic carbocycles. The fourth-order valence-corrected chi connectivity index (χ4v) is 4.51. The minimum absolute atomic E-state index is 0.138. The number of nitrogens with two attached hydrogens (primary N) is 1. The Bertz CT molecular complexity index is 853. The van der Waals surface area contributed by atoms with Gasteiger partial charge in [-0.3, -0.25) is 14.7 Å². The summed E-state index contributed by atoms with van der Waals surface area (Å²) in [6, 6.07) is 5.94. The third-order valence-corrected chi connectivity index (χ3v) is 6.36. The zero-order valence-electron chi connectivity index (χ0n) is 17.4. The maximum absolute atomic E-state index is 13.0. The van der Waals surface area contributed by atoms with Gasteiger partial charge in [-0.15, -0.1) is 0 Å². The van der Waals surface area contributed by atoms with Gasteiger partial charge in [-0.1, -0.05) is 12.6 Å². The Hall–Kier alpha value is -2.80. The van der Waals surface area contributed by atoms with E-state index in [0.29, 0.717) is 17.8 Å². The Labute approximate surface area is 178 Å². The van der Waals surface area contributed by atoms with Crippen molar-refractivity contribution in [1.29, 1.82) is 0 Å². The second-order valence-electron chi connectivity index (χ2n) is 8.34. The van der Waals surface area contributed by atoms with Crippen LogP contribution in [0, 0.1) is 11.8 Å². The van der Waals surface area contributed by atoms with Gasteiger partial charge in [0, 0.05) is 49.7 Å². The standard InChI is InChI=1S/C23H30N6O/c1-17(21-4-2-3-9-25-21)19-7-12-29(13-8-19)22(30)20-5-10-28(11-6-20)16-18-14-26-23(24)27-15-18/h2-4,9,14-15,19-20H,1,5-8,10-13,16H2,(H2,24,26,27). The molecule has 7 nitrogen and oxygen atoms in total. The molecular weight excluding hydrogens is 376 g/mol. The lowest BCUT2D eigenvalue weighted by Crippen LogP contribution is -2.45. The van der Waals surface area contributed by atoms with Crippen LogP contribution >= 0.6 is 0 Å². The number of nitrogens with zero attached hydrogens (tertiary/aromatic N) is 5. The van der Waals surface area contributed by atoms with Crippen molar-refractivity contribution >= 4 is 17.4 Å². The van der Waals surface area contributed by atoms with E-state index in [4.69, 9.17) is 5.73 Å². The summed E-state index contributed by atoms with van der Waals surface area (Å²) >= 11 is 0. The van der Waals surface area contributed by atoms with Crippen molar-refractivity contribution in [3.8, 4) is 0 Å². The number of piperidine rings is 2. The lowest BCUT2D eigenvalue weighted by Gasteiger charge is -2.37. The van der Waals surface area contributed by atoms with Gasteiger partial charge in [0.15, 0.2) is 0 Å². The second-order valence-corrected chi connectivity index (χ2v) is 8.34. The van der Waals surface area contributed by atoms with Crippen LogP contribution in [0.15, 0.2) is 43.4 Å². The number of anilines is 1. The van der Waals surface area contributed by atoms with Crippen LogP contribution in [0.5, 0.6) is 0 Å². The lowest BCUT2D eigenvalue weighted by molar-refractivity contribution is -0.138. The van der Waals surface area contributed by atoms with Gasteiger partial charge in [-0.25, -0.2) is 9.97 Å². The zero-order valence-corrected chi connectivity index (χ0v) is 17.4. The summed E-state index contributed by atoms with van der Waals surface area (Å²) in [5, 5.41) is 0. The van der Waals surface area contributed by atoms with Gasteiger partial charge >= 0.3 is 0 Å². The lowest BCUT2D eigenvalue weighted by atomic mass is 9.87. The average Bonchev–Trinajstić information content (AvgIpc) is 2.81. The van der Waals surface area contributed by atoms with Crippen LogP contribution in [0.2, 0.25) is 0 Å². The number of aromatic nitrogens is 3. The van der Waals surface area contributed by atoms with Crippen molar-refractivity contribution in [3.05, 3.63) is 54.6 Å². The molecule has 2 saturated heterocycles. The molecule has 7 heteroatoms. The minimum Gasteiger partial charge on any atom is -0.368 e. The molecule has 1 amide bonds. The Morgan fingerprint density at radius 3 is 2.30 bits per heavy atom. The molecule has 4 heterocycles. The van der Waals surface area contributed by atoms with Crippen molar-refractivity contribution in [2.24, 2.45) is 11.8 Å². The normalized spacial score (nSPS) is 19.0. The molecule has 0 aliphatic carbocycles. The molecule has 2 aromatic rings. The summed E-state index contributed by atoms with van der Waals surface area (Å²) in [6.45, 7) is 8.56. The number of hydrogen-bond acceptors (Lipinski definition) is 6. The number of nitrogen functional groups attached to an aromatic ring is 1. The molecule has 4 rings (SSSR count). The highest BCUT2D eigenvalue weighted by Gasteiger charge is 2.31. The molecule has 0 atom stereocenters. The Balaban J connectivity index is 1.23. The van der Waals surface area contributed by atoms with Crippen LogP contribution in [0.3, 0.4) is 0 Å². The highest BCUT2D eigenvalue weighted by atomic mass is 16.2. The number of amides is 1. The molecule has 2 fully saturated rings. The number of rotatable bonds is 5. The highest BCUT2D eigenvalue weighted by molar-refractivity contribution is 5.79. The molecular formula is C23H30N6O. The van der Waals surface area contributed by atoms with E-state index in [-0.39, 0.29) is 5.92 Å². The van der Waals surface area contributed by atoms with Crippen LogP contribution < -0.4 is 5.73 Å². The molecule has 0 spiro atoms. The van der Waals surface area contributed by atoms with Gasteiger partial charge in [0.1, 0.15) is 0 Å². The first-order chi connectivity index (χ1) is 14.6. The molecule has 30 heavy (non-hydrogen) atoms. The Morgan fingerprint density at radius 1 is 1.00 bits per heavy atom. The van der Waals surface area contributed by atoms with Gasteiger partial charge in [0.2, 0.25) is 11.9 Å². The zero-order chi connectivity index (χ0) is 20.9. The molecule has 2 N–H and O–H groups in total. The fourth-order valence-electron chi connectivity index (χ4n) is 4.51. The third-order valence-electron chi connectivity index (χ3n) is 6.36. The molecule has 0 bridgehead atoms. The second kappa shape index (κ2) is 9.34. The number of hydrogen-bond donors (Lipinski definition) is 1. The van der Waals surface area contributed by atoms with Gasteiger partial charge in [0.05, 0.1) is 5.69 Å². The molecule has 0 unspecified atom stereocenters. The van der Waals surface area contributed by atoms with Gasteiger partial charge in [-0.05, 0) is 62.4 Å². The maximum atomic E-state index is 13.0. The quantitative estimate of drug-likeness (QED) is 0.821. The minimum atomic E-state index is 0.138. The van der Waals surface area contributed by atoms with Crippen molar-refractivity contribution in [2.45, 2.75) is 32.2 Å². The summed E-state index contributed by atoms with van der Waals surface area (Å²) in [6.07, 6.45) is 9.13. The van der Waals surface area contributed by atoms with E-state index >= 15 is 0 Å². The highest BCUT2D eigenvalue weighted by Crippen LogP contribution is 2.31. The van der Waals surface area contributed by atoms with Crippen LogP contribution in [0.1, 0.15) is 36.9 Å². The summed E-state index contributed by atoms with van der Waals surface area (Å²) in [7, 11) is 0. The first kappa shape index (κ1) is 20.5. The van der Waals surface area contributed by atoms with Gasteiger partial charge < -0.3 is 10.6 Å². The average molecular weight is 407 g/mol. The molecule has 2 aliphatic heterocycles. The number of allylic oxidation sites excluding steroid dienone is 1. The Morgan fingerprint density at radius 2 is 1.67 bits per heavy atom. The van der Waals surface area contributed by atoms with Crippen molar-refractivity contribution in [3.63, 3.8) is 0 Å². The van der Waals surface area contributed by atoms with E-state index in [2.05, 4.69) is 31.3 Å². The Kier molecular flexibility index (Phi) is 6.38.